The van der Waals surface area contributed by atoms with Crippen LogP contribution in [0.15, 0.2) is 29.0 Å². The molecule has 2 heterocycles. The number of halogens is 1. The van der Waals surface area contributed by atoms with Crippen molar-refractivity contribution in [3.8, 4) is 11.3 Å². The van der Waals surface area contributed by atoms with Crippen LogP contribution in [0, 0.1) is 6.92 Å². The van der Waals surface area contributed by atoms with E-state index in [0.29, 0.717) is 0 Å². The van der Waals surface area contributed by atoms with Crippen LogP contribution in [0.2, 0.25) is 0 Å². The maximum absolute atomic E-state index is 4.62. The Bertz CT molecular complexity index is 556. The summed E-state index contributed by atoms with van der Waals surface area (Å²) in [5, 5.41) is 0. The summed E-state index contributed by atoms with van der Waals surface area (Å²) < 4.78 is 0.804. The second kappa shape index (κ2) is 4.76. The second-order valence-electron chi connectivity index (χ2n) is 5.34. The van der Waals surface area contributed by atoms with E-state index in [4.69, 9.17) is 0 Å². The molecule has 0 fully saturated rings. The van der Waals surface area contributed by atoms with Crippen LogP contribution in [0.5, 0.6) is 0 Å². The van der Waals surface area contributed by atoms with Crippen LogP contribution in [0.4, 0.5) is 0 Å². The Morgan fingerprint density at radius 1 is 1.11 bits per heavy atom. The summed E-state index contributed by atoms with van der Waals surface area (Å²) in [6.07, 6.45) is 1.84. The highest BCUT2D eigenvalue weighted by molar-refractivity contribution is 9.10. The molecule has 0 amide bonds. The number of aromatic nitrogens is 3. The van der Waals surface area contributed by atoms with Gasteiger partial charge in [0.2, 0.25) is 0 Å². The van der Waals surface area contributed by atoms with Crippen molar-refractivity contribution in [1.29, 1.82) is 0 Å². The molecular formula is C14H16BrN3. The fourth-order valence-electron chi connectivity index (χ4n) is 1.52. The highest BCUT2D eigenvalue weighted by Crippen LogP contribution is 2.25. The minimum Gasteiger partial charge on any atom is -0.261 e. The van der Waals surface area contributed by atoms with Crippen molar-refractivity contribution < 1.29 is 0 Å². The summed E-state index contributed by atoms with van der Waals surface area (Å²) in [5.41, 5.74) is 2.84. The first-order valence-electron chi connectivity index (χ1n) is 5.84. The Balaban J connectivity index is 2.52. The predicted octanol–water partition coefficient (Wildman–Crippen LogP) is 3.91. The zero-order valence-electron chi connectivity index (χ0n) is 11.0. The summed E-state index contributed by atoms with van der Waals surface area (Å²) in [7, 11) is 0. The average Bonchev–Trinajstić information content (AvgIpc) is 2.28. The van der Waals surface area contributed by atoms with Crippen LogP contribution in [0.25, 0.3) is 11.3 Å². The molecule has 2 rings (SSSR count). The van der Waals surface area contributed by atoms with E-state index in [1.807, 2.05) is 31.3 Å². The van der Waals surface area contributed by atoms with Gasteiger partial charge in [-0.05, 0) is 41.1 Å². The Morgan fingerprint density at radius 2 is 1.83 bits per heavy atom. The van der Waals surface area contributed by atoms with Gasteiger partial charge in [-0.1, -0.05) is 20.8 Å². The van der Waals surface area contributed by atoms with Gasteiger partial charge in [0.15, 0.2) is 0 Å². The third-order valence-corrected chi connectivity index (χ3v) is 2.98. The molecule has 0 atom stereocenters. The lowest BCUT2D eigenvalue weighted by atomic mass is 9.95. The van der Waals surface area contributed by atoms with E-state index in [9.17, 15) is 0 Å². The van der Waals surface area contributed by atoms with E-state index in [0.717, 1.165) is 27.4 Å². The lowest BCUT2D eigenvalue weighted by molar-refractivity contribution is 0.544. The van der Waals surface area contributed by atoms with Crippen molar-refractivity contribution in [2.24, 2.45) is 0 Å². The van der Waals surface area contributed by atoms with Crippen molar-refractivity contribution in [2.45, 2.75) is 33.1 Å². The van der Waals surface area contributed by atoms with Crippen LogP contribution < -0.4 is 0 Å². The number of rotatable bonds is 1. The van der Waals surface area contributed by atoms with Gasteiger partial charge in [-0.25, -0.2) is 9.97 Å². The zero-order chi connectivity index (χ0) is 13.3. The third-order valence-electron chi connectivity index (χ3n) is 2.57. The molecule has 0 N–H and O–H groups in total. The molecule has 0 aliphatic heterocycles. The number of hydrogen-bond acceptors (Lipinski definition) is 3. The number of pyridine rings is 1. The fraction of sp³-hybridized carbons (Fsp3) is 0.357. The molecule has 0 spiro atoms. The van der Waals surface area contributed by atoms with Gasteiger partial charge in [0, 0.05) is 22.9 Å². The third kappa shape index (κ3) is 2.93. The normalized spacial score (nSPS) is 11.6. The fourth-order valence-corrected chi connectivity index (χ4v) is 1.91. The van der Waals surface area contributed by atoms with E-state index in [1.54, 1.807) is 0 Å². The van der Waals surface area contributed by atoms with Gasteiger partial charge < -0.3 is 0 Å². The molecule has 0 aromatic carbocycles. The highest BCUT2D eigenvalue weighted by Gasteiger charge is 2.19. The summed E-state index contributed by atoms with van der Waals surface area (Å²) in [4.78, 5) is 13.4. The molecule has 0 saturated heterocycles. The molecule has 0 aliphatic carbocycles. The van der Waals surface area contributed by atoms with Crippen molar-refractivity contribution in [2.75, 3.05) is 0 Å². The Morgan fingerprint density at radius 3 is 2.39 bits per heavy atom. The number of hydrogen-bond donors (Lipinski definition) is 0. The van der Waals surface area contributed by atoms with Gasteiger partial charge in [0.25, 0.3) is 0 Å². The van der Waals surface area contributed by atoms with Crippen LogP contribution in [0.3, 0.4) is 0 Å². The molecule has 0 saturated carbocycles. The van der Waals surface area contributed by atoms with Crippen molar-refractivity contribution in [1.82, 2.24) is 15.0 Å². The van der Waals surface area contributed by atoms with E-state index < -0.39 is 0 Å². The first-order chi connectivity index (χ1) is 8.36. The summed E-state index contributed by atoms with van der Waals surface area (Å²) in [6.45, 7) is 8.28. The van der Waals surface area contributed by atoms with Crippen LogP contribution in [-0.4, -0.2) is 15.0 Å². The van der Waals surface area contributed by atoms with Crippen LogP contribution in [0.1, 0.15) is 32.3 Å². The average molecular weight is 306 g/mol. The number of nitrogens with zero attached hydrogens (tertiary/aromatic N) is 3. The van der Waals surface area contributed by atoms with Gasteiger partial charge in [-0.2, -0.15) is 0 Å². The molecule has 2 aromatic heterocycles. The molecule has 3 nitrogen and oxygen atoms in total. The molecule has 0 aliphatic rings. The molecule has 0 bridgehead atoms. The monoisotopic (exact) mass is 305 g/mol. The maximum Gasteiger partial charge on any atom is 0.135 e. The van der Waals surface area contributed by atoms with Crippen LogP contribution in [-0.2, 0) is 5.41 Å². The van der Waals surface area contributed by atoms with Crippen molar-refractivity contribution in [3.05, 3.63) is 40.5 Å². The lowest BCUT2D eigenvalue weighted by Crippen LogP contribution is -2.16. The summed E-state index contributed by atoms with van der Waals surface area (Å²) in [6, 6.07) is 5.94. The van der Waals surface area contributed by atoms with E-state index in [-0.39, 0.29) is 5.41 Å². The SMILES string of the molecule is Cc1ccc(-c2cc(Br)nc(C(C)(C)C)n2)cn1. The van der Waals surface area contributed by atoms with Crippen molar-refractivity contribution >= 4 is 15.9 Å². The van der Waals surface area contributed by atoms with Gasteiger partial charge in [-0.15, -0.1) is 0 Å². The minimum absolute atomic E-state index is 0.0728. The van der Waals surface area contributed by atoms with Gasteiger partial charge in [0.1, 0.15) is 10.4 Å². The molecule has 94 valence electrons. The molecule has 0 unspecified atom stereocenters. The number of aryl methyl sites for hydroxylation is 1. The standard InChI is InChI=1S/C14H16BrN3/c1-9-5-6-10(8-16-9)11-7-12(15)18-13(17-11)14(2,3)4/h5-8H,1-4H3. The van der Waals surface area contributed by atoms with Crippen molar-refractivity contribution in [3.63, 3.8) is 0 Å². The second-order valence-corrected chi connectivity index (χ2v) is 6.15. The van der Waals surface area contributed by atoms with Crippen LogP contribution >= 0.6 is 15.9 Å². The quantitative estimate of drug-likeness (QED) is 0.750. The van der Waals surface area contributed by atoms with Gasteiger partial charge in [-0.3, -0.25) is 4.98 Å². The highest BCUT2D eigenvalue weighted by atomic mass is 79.9. The van der Waals surface area contributed by atoms with E-state index >= 15 is 0 Å². The molecule has 18 heavy (non-hydrogen) atoms. The molecule has 4 heteroatoms. The predicted molar refractivity (Wildman–Crippen MR) is 76.4 cm³/mol. The topological polar surface area (TPSA) is 38.7 Å². The van der Waals surface area contributed by atoms with E-state index in [2.05, 4.69) is 51.7 Å². The lowest BCUT2D eigenvalue weighted by Gasteiger charge is -2.17. The first-order valence-corrected chi connectivity index (χ1v) is 6.63. The first kappa shape index (κ1) is 13.1. The molecule has 0 radical (unpaired) electrons. The molecular weight excluding hydrogens is 290 g/mol. The molecule has 2 aromatic rings. The maximum atomic E-state index is 4.62. The Hall–Kier alpha value is -1.29. The summed E-state index contributed by atoms with van der Waals surface area (Å²) >= 11 is 3.45. The summed E-state index contributed by atoms with van der Waals surface area (Å²) in [5.74, 6) is 0.826. The minimum atomic E-state index is -0.0728. The zero-order valence-corrected chi connectivity index (χ0v) is 12.6. The Labute approximate surface area is 116 Å². The smallest absolute Gasteiger partial charge is 0.135 e. The van der Waals surface area contributed by atoms with E-state index in [1.165, 1.54) is 0 Å². The van der Waals surface area contributed by atoms with Gasteiger partial charge >= 0.3 is 0 Å². The Kier molecular flexibility index (Phi) is 3.48. The largest absolute Gasteiger partial charge is 0.261 e. The van der Waals surface area contributed by atoms with Gasteiger partial charge in [0.05, 0.1) is 5.69 Å².